The summed E-state index contributed by atoms with van der Waals surface area (Å²) in [7, 11) is 0. The average Bonchev–Trinajstić information content (AvgIpc) is 3.12. The van der Waals surface area contributed by atoms with Crippen molar-refractivity contribution in [1.82, 2.24) is 26.2 Å². The average molecular weight is 692 g/mol. The van der Waals surface area contributed by atoms with Crippen molar-refractivity contribution in [3.05, 3.63) is 60.2 Å². The third-order valence-electron chi connectivity index (χ3n) is 9.58. The van der Waals surface area contributed by atoms with Gasteiger partial charge >= 0.3 is 0 Å². The van der Waals surface area contributed by atoms with Crippen molar-refractivity contribution >= 4 is 29.5 Å². The van der Waals surface area contributed by atoms with Gasteiger partial charge in [-0.15, -0.1) is 0 Å². The van der Waals surface area contributed by atoms with E-state index < -0.39 is 41.4 Å². The molecule has 4 heterocycles. The molecule has 2 saturated heterocycles. The highest BCUT2D eigenvalue weighted by molar-refractivity contribution is 5.95. The normalized spacial score (nSPS) is 24.3. The maximum Gasteiger partial charge on any atom is 0.264 e. The molecule has 0 aromatic heterocycles. The van der Waals surface area contributed by atoms with Gasteiger partial charge in [0, 0.05) is 51.5 Å². The maximum absolute atomic E-state index is 14.1. The summed E-state index contributed by atoms with van der Waals surface area (Å²) in [5.74, 6) is -1.36. The summed E-state index contributed by atoms with van der Waals surface area (Å²) in [6.45, 7) is 7.23. The number of carbonyl (C=O) groups is 5. The van der Waals surface area contributed by atoms with Crippen LogP contribution in [0.4, 0.5) is 0 Å². The molecule has 2 fully saturated rings. The van der Waals surface area contributed by atoms with Crippen LogP contribution in [-0.4, -0.2) is 97.6 Å². The number of hydrogen-bond acceptors (Lipinski definition) is 8. The summed E-state index contributed by atoms with van der Waals surface area (Å²) in [5, 5.41) is 11.3. The molecule has 13 nitrogen and oxygen atoms in total. The quantitative estimate of drug-likeness (QED) is 0.353. The fourth-order valence-electron chi connectivity index (χ4n) is 6.49. The summed E-state index contributed by atoms with van der Waals surface area (Å²) < 4.78 is 17.7. The van der Waals surface area contributed by atoms with Crippen molar-refractivity contribution in [3.8, 4) is 11.5 Å². The highest BCUT2D eigenvalue weighted by Gasteiger charge is 2.46. The molecule has 4 N–H and O–H groups in total. The smallest absolute Gasteiger partial charge is 0.264 e. The van der Waals surface area contributed by atoms with Crippen molar-refractivity contribution < 1.29 is 38.2 Å². The highest BCUT2D eigenvalue weighted by Crippen LogP contribution is 2.32. The molecule has 2 aromatic rings. The van der Waals surface area contributed by atoms with Gasteiger partial charge in [-0.3, -0.25) is 24.0 Å². The molecule has 4 aliphatic heterocycles. The van der Waals surface area contributed by atoms with Crippen LogP contribution in [0.3, 0.4) is 0 Å². The highest BCUT2D eigenvalue weighted by atomic mass is 16.5. The van der Waals surface area contributed by atoms with Crippen LogP contribution in [0.25, 0.3) is 0 Å². The zero-order valence-electron chi connectivity index (χ0n) is 29.1. The predicted octanol–water partition coefficient (Wildman–Crippen LogP) is 1.73. The van der Waals surface area contributed by atoms with Crippen LogP contribution >= 0.6 is 0 Å². The maximum atomic E-state index is 14.1. The Bertz CT molecular complexity index is 1490. The number of likely N-dealkylation sites (tertiary alicyclic amines) is 1. The first-order valence-electron chi connectivity index (χ1n) is 17.6. The van der Waals surface area contributed by atoms with E-state index in [0.29, 0.717) is 50.6 Å². The van der Waals surface area contributed by atoms with Crippen LogP contribution in [0.2, 0.25) is 0 Å². The largest absolute Gasteiger partial charge is 0.492 e. The number of rotatable bonds is 4. The Kier molecular flexibility index (Phi) is 12.3. The van der Waals surface area contributed by atoms with Crippen LogP contribution in [0.15, 0.2) is 54.6 Å². The van der Waals surface area contributed by atoms with E-state index in [-0.39, 0.29) is 56.1 Å². The van der Waals surface area contributed by atoms with Gasteiger partial charge in [-0.05, 0) is 55.5 Å². The molecule has 270 valence electrons. The zero-order valence-corrected chi connectivity index (χ0v) is 29.1. The molecule has 6 rings (SSSR count). The second-order valence-corrected chi connectivity index (χ2v) is 13.6. The van der Waals surface area contributed by atoms with Gasteiger partial charge in [-0.2, -0.15) is 0 Å². The van der Waals surface area contributed by atoms with Crippen LogP contribution in [0, 0.1) is 11.8 Å². The van der Waals surface area contributed by atoms with Crippen LogP contribution < -0.4 is 30.7 Å². The number of fused-ring (bicyclic) bond motifs is 15. The fourth-order valence-corrected chi connectivity index (χ4v) is 6.49. The molecule has 5 amide bonds. The molecule has 50 heavy (non-hydrogen) atoms. The topological polar surface area (TPSA) is 164 Å². The van der Waals surface area contributed by atoms with Gasteiger partial charge in [0.2, 0.25) is 23.6 Å². The Balaban J connectivity index is 1.36. The Hall–Kier alpha value is -4.65. The molecule has 1 spiro atoms. The van der Waals surface area contributed by atoms with Crippen LogP contribution in [0.1, 0.15) is 52.0 Å². The summed E-state index contributed by atoms with van der Waals surface area (Å²) in [6, 6.07) is 13.3. The first-order valence-corrected chi connectivity index (χ1v) is 17.6. The first-order chi connectivity index (χ1) is 24.0. The molecule has 2 aromatic carbocycles. The second-order valence-electron chi connectivity index (χ2n) is 13.6. The van der Waals surface area contributed by atoms with E-state index in [1.807, 2.05) is 30.3 Å². The minimum atomic E-state index is -1.35. The number of carbonyl (C=O) groups excluding carboxylic acids is 5. The lowest BCUT2D eigenvalue weighted by Crippen LogP contribution is -2.62. The van der Waals surface area contributed by atoms with Gasteiger partial charge in [-0.1, -0.05) is 44.2 Å². The molecule has 0 saturated carbocycles. The Morgan fingerprint density at radius 1 is 0.840 bits per heavy atom. The summed E-state index contributed by atoms with van der Waals surface area (Å²) in [4.78, 5) is 69.6. The van der Waals surface area contributed by atoms with Crippen molar-refractivity contribution in [2.75, 3.05) is 39.5 Å². The minimum absolute atomic E-state index is 0.0601. The van der Waals surface area contributed by atoms with Crippen LogP contribution in [-0.2, 0) is 35.1 Å². The molecule has 0 aliphatic carbocycles. The number of ether oxygens (including phenoxy) is 3. The summed E-state index contributed by atoms with van der Waals surface area (Å²) >= 11 is 0. The monoisotopic (exact) mass is 691 g/mol. The SMILES string of the molecule is CC(C)[C@H]1NC(=O)[C@@H](C)NC(=O)C2(CCN(C(=O)C3CCOCC3)CC2)Oc2ccc(cc2)OCCNC(=O)[C@H](Cc2ccccc2)NC1=O. The number of benzene rings is 2. The standard InChI is InChI=1S/C37H49N5O8/c1-24(2)31-34(45)40-30(23-26-7-5-4-6-8-26)33(44)38-17-22-49-28-9-11-29(12-10-28)50-37(36(47)39-25(3)32(43)41-31)15-18-42(19-16-37)35(46)27-13-20-48-21-14-27/h4-12,24-25,27,30-31H,13-23H2,1-3H3,(H,38,44)(H,39,47)(H,40,45)(H,41,43)/t25-,30+,31-/m1/s1. The van der Waals surface area contributed by atoms with Gasteiger partial charge in [0.1, 0.15) is 36.2 Å². The minimum Gasteiger partial charge on any atom is -0.492 e. The molecule has 0 radical (unpaired) electrons. The zero-order chi connectivity index (χ0) is 35.7. The lowest BCUT2D eigenvalue weighted by atomic mass is 9.88. The van der Waals surface area contributed by atoms with E-state index in [2.05, 4.69) is 21.3 Å². The number of nitrogens with one attached hydrogen (secondary N) is 4. The Labute approximate surface area is 293 Å². The molecular weight excluding hydrogens is 642 g/mol. The van der Waals surface area contributed by atoms with Gasteiger partial charge in [0.05, 0.1) is 6.54 Å². The summed E-state index contributed by atoms with van der Waals surface area (Å²) in [5.41, 5.74) is -0.497. The van der Waals surface area contributed by atoms with E-state index in [1.54, 1.807) is 49.9 Å². The first kappa shape index (κ1) is 36.6. The molecule has 4 aliphatic rings. The predicted molar refractivity (Wildman–Crippen MR) is 184 cm³/mol. The van der Waals surface area contributed by atoms with Gasteiger partial charge < -0.3 is 40.4 Å². The summed E-state index contributed by atoms with van der Waals surface area (Å²) in [6.07, 6.45) is 2.04. The van der Waals surface area contributed by atoms with Crippen molar-refractivity contribution in [2.45, 2.75) is 76.6 Å². The Morgan fingerprint density at radius 2 is 1.50 bits per heavy atom. The second kappa shape index (κ2) is 16.8. The third-order valence-corrected chi connectivity index (χ3v) is 9.58. The molecule has 2 bridgehead atoms. The number of amides is 5. The van der Waals surface area contributed by atoms with E-state index in [4.69, 9.17) is 14.2 Å². The lowest BCUT2D eigenvalue weighted by Gasteiger charge is -2.42. The van der Waals surface area contributed by atoms with Gasteiger partial charge in [0.25, 0.3) is 5.91 Å². The molecule has 3 atom stereocenters. The van der Waals surface area contributed by atoms with Crippen molar-refractivity contribution in [1.29, 1.82) is 0 Å². The lowest BCUT2D eigenvalue weighted by molar-refractivity contribution is -0.150. The molecular formula is C37H49N5O8. The Morgan fingerprint density at radius 3 is 2.16 bits per heavy atom. The van der Waals surface area contributed by atoms with E-state index >= 15 is 0 Å². The van der Waals surface area contributed by atoms with Crippen molar-refractivity contribution in [3.63, 3.8) is 0 Å². The fraction of sp³-hybridized carbons (Fsp3) is 0.541. The number of piperidine rings is 1. The third kappa shape index (κ3) is 9.32. The van der Waals surface area contributed by atoms with Gasteiger partial charge in [-0.25, -0.2) is 0 Å². The van der Waals surface area contributed by atoms with Gasteiger partial charge in [0.15, 0.2) is 5.60 Å². The number of hydrogen-bond donors (Lipinski definition) is 4. The molecule has 13 heteroatoms. The number of nitrogens with zero attached hydrogens (tertiary/aromatic N) is 1. The van der Waals surface area contributed by atoms with Crippen LogP contribution in [0.5, 0.6) is 11.5 Å². The molecule has 0 unspecified atom stereocenters. The van der Waals surface area contributed by atoms with Crippen molar-refractivity contribution in [2.24, 2.45) is 11.8 Å². The van der Waals surface area contributed by atoms with E-state index in [1.165, 1.54) is 0 Å². The van der Waals surface area contributed by atoms with E-state index in [0.717, 1.165) is 5.56 Å². The van der Waals surface area contributed by atoms with E-state index in [9.17, 15) is 24.0 Å².